The normalized spacial score (nSPS) is 17.5. The molecule has 3 heteroatoms. The Bertz CT molecular complexity index is 619. The van der Waals surface area contributed by atoms with Crippen LogP contribution in [-0.4, -0.2) is 5.11 Å². The Kier molecular flexibility index (Phi) is 4.16. The van der Waals surface area contributed by atoms with Crippen LogP contribution in [0.3, 0.4) is 0 Å². The summed E-state index contributed by atoms with van der Waals surface area (Å²) in [5.74, 6) is 0. The van der Waals surface area contributed by atoms with E-state index in [1.807, 2.05) is 12.1 Å². The highest BCUT2D eigenvalue weighted by atomic mass is 79.9. The smallest absolute Gasteiger partial charge is 0.0681 e. The molecule has 21 heavy (non-hydrogen) atoms. The lowest BCUT2D eigenvalue weighted by molar-refractivity contribution is 0.281. The van der Waals surface area contributed by atoms with Gasteiger partial charge in [-0.05, 0) is 48.6 Å². The molecule has 0 aliphatic heterocycles. The zero-order chi connectivity index (χ0) is 14.9. The molecular formula is C18H20BrNO. The van der Waals surface area contributed by atoms with Crippen LogP contribution in [0.4, 0.5) is 0 Å². The molecule has 2 aromatic carbocycles. The van der Waals surface area contributed by atoms with Crippen molar-refractivity contribution in [2.24, 2.45) is 0 Å². The quantitative estimate of drug-likeness (QED) is 0.847. The van der Waals surface area contributed by atoms with Gasteiger partial charge in [-0.1, -0.05) is 52.3 Å². The first-order valence-corrected chi connectivity index (χ1v) is 8.16. The van der Waals surface area contributed by atoms with E-state index in [0.29, 0.717) is 0 Å². The lowest BCUT2D eigenvalue weighted by Gasteiger charge is -2.24. The minimum atomic E-state index is 0.0956. The molecule has 1 saturated carbocycles. The second-order valence-corrected chi connectivity index (χ2v) is 6.77. The number of aliphatic hydroxyl groups is 1. The molecule has 1 aliphatic carbocycles. The number of benzene rings is 2. The number of hydrogen-bond donors (Lipinski definition) is 2. The van der Waals surface area contributed by atoms with Gasteiger partial charge in [0, 0.05) is 16.1 Å². The van der Waals surface area contributed by atoms with Crippen molar-refractivity contribution in [3.05, 3.63) is 69.7 Å². The zero-order valence-electron chi connectivity index (χ0n) is 12.1. The molecule has 0 aromatic heterocycles. The first-order valence-electron chi connectivity index (χ1n) is 7.36. The summed E-state index contributed by atoms with van der Waals surface area (Å²) in [5, 5.41) is 13.0. The van der Waals surface area contributed by atoms with Crippen LogP contribution >= 0.6 is 15.9 Å². The van der Waals surface area contributed by atoms with Crippen LogP contribution in [0.2, 0.25) is 0 Å². The summed E-state index contributed by atoms with van der Waals surface area (Å²) in [5.41, 5.74) is 3.67. The van der Waals surface area contributed by atoms with E-state index in [9.17, 15) is 5.11 Å². The van der Waals surface area contributed by atoms with Crippen molar-refractivity contribution in [3.63, 3.8) is 0 Å². The topological polar surface area (TPSA) is 32.3 Å². The van der Waals surface area contributed by atoms with Gasteiger partial charge in [-0.25, -0.2) is 0 Å². The zero-order valence-corrected chi connectivity index (χ0v) is 13.7. The average molecular weight is 346 g/mol. The maximum absolute atomic E-state index is 9.27. The van der Waals surface area contributed by atoms with Gasteiger partial charge < -0.3 is 10.4 Å². The third-order valence-electron chi connectivity index (χ3n) is 4.27. The Labute approximate surface area is 134 Å². The Morgan fingerprint density at radius 2 is 1.90 bits per heavy atom. The van der Waals surface area contributed by atoms with Gasteiger partial charge in [-0.15, -0.1) is 0 Å². The molecule has 2 N–H and O–H groups in total. The molecule has 0 bridgehead atoms. The number of aliphatic hydroxyl groups excluding tert-OH is 1. The van der Waals surface area contributed by atoms with Gasteiger partial charge >= 0.3 is 0 Å². The van der Waals surface area contributed by atoms with E-state index < -0.39 is 0 Å². The van der Waals surface area contributed by atoms with Gasteiger partial charge in [0.15, 0.2) is 0 Å². The fourth-order valence-corrected chi connectivity index (χ4v) is 3.13. The van der Waals surface area contributed by atoms with Crippen LogP contribution in [0.15, 0.2) is 53.0 Å². The first-order chi connectivity index (χ1) is 10.1. The lowest BCUT2D eigenvalue weighted by atomic mass is 10.0. The summed E-state index contributed by atoms with van der Waals surface area (Å²) in [6, 6.07) is 17.0. The second-order valence-electron chi connectivity index (χ2n) is 5.86. The van der Waals surface area contributed by atoms with Gasteiger partial charge in [0.25, 0.3) is 0 Å². The molecule has 110 valence electrons. The number of halogens is 1. The fraction of sp³-hybridized carbons (Fsp3) is 0.333. The molecule has 0 heterocycles. The standard InChI is InChI=1S/C18H20BrNO/c1-13(15-4-2-3-14(11-15)12-21)20-18(9-10-18)16-5-7-17(19)8-6-16/h2-8,11,13,20-21H,9-10,12H2,1H3. The predicted octanol–water partition coefficient (Wildman–Crippen LogP) is 4.28. The minimum absolute atomic E-state index is 0.0956. The fourth-order valence-electron chi connectivity index (χ4n) is 2.87. The van der Waals surface area contributed by atoms with Crippen molar-refractivity contribution in [1.29, 1.82) is 0 Å². The van der Waals surface area contributed by atoms with E-state index in [1.54, 1.807) is 0 Å². The summed E-state index contributed by atoms with van der Waals surface area (Å²) >= 11 is 3.49. The van der Waals surface area contributed by atoms with Gasteiger partial charge in [0.2, 0.25) is 0 Å². The van der Waals surface area contributed by atoms with Gasteiger partial charge in [0.1, 0.15) is 0 Å². The highest BCUT2D eigenvalue weighted by Crippen LogP contribution is 2.47. The average Bonchev–Trinajstić information content (AvgIpc) is 3.28. The SMILES string of the molecule is CC(NC1(c2ccc(Br)cc2)CC1)c1cccc(CO)c1. The monoisotopic (exact) mass is 345 g/mol. The maximum Gasteiger partial charge on any atom is 0.0681 e. The molecular weight excluding hydrogens is 326 g/mol. The van der Waals surface area contributed by atoms with Crippen molar-refractivity contribution >= 4 is 15.9 Å². The van der Waals surface area contributed by atoms with E-state index >= 15 is 0 Å². The minimum Gasteiger partial charge on any atom is -0.392 e. The van der Waals surface area contributed by atoms with Crippen LogP contribution in [-0.2, 0) is 12.1 Å². The third-order valence-corrected chi connectivity index (χ3v) is 4.80. The van der Waals surface area contributed by atoms with Crippen molar-refractivity contribution in [2.45, 2.75) is 38.0 Å². The van der Waals surface area contributed by atoms with Crippen molar-refractivity contribution < 1.29 is 5.11 Å². The maximum atomic E-state index is 9.27. The summed E-state index contributed by atoms with van der Waals surface area (Å²) in [4.78, 5) is 0. The number of hydrogen-bond acceptors (Lipinski definition) is 2. The van der Waals surface area contributed by atoms with Crippen LogP contribution in [0.25, 0.3) is 0 Å². The summed E-state index contributed by atoms with van der Waals surface area (Å²) < 4.78 is 1.12. The van der Waals surface area contributed by atoms with E-state index in [4.69, 9.17) is 0 Å². The molecule has 1 unspecified atom stereocenters. The summed E-state index contributed by atoms with van der Waals surface area (Å²) in [6.45, 7) is 2.29. The second kappa shape index (κ2) is 5.91. The molecule has 0 amide bonds. The summed E-state index contributed by atoms with van der Waals surface area (Å²) in [6.07, 6.45) is 2.36. The first kappa shape index (κ1) is 14.8. The molecule has 1 aliphatic rings. The highest BCUT2D eigenvalue weighted by molar-refractivity contribution is 9.10. The number of rotatable bonds is 5. The van der Waals surface area contributed by atoms with Gasteiger partial charge in [-0.3, -0.25) is 0 Å². The van der Waals surface area contributed by atoms with Crippen LogP contribution in [0.5, 0.6) is 0 Å². The molecule has 2 aromatic rings. The van der Waals surface area contributed by atoms with E-state index in [-0.39, 0.29) is 18.2 Å². The summed E-state index contributed by atoms with van der Waals surface area (Å²) in [7, 11) is 0. The molecule has 0 spiro atoms. The Morgan fingerprint density at radius 3 is 2.52 bits per heavy atom. The molecule has 3 rings (SSSR count). The Balaban J connectivity index is 1.77. The molecule has 1 fully saturated rings. The van der Waals surface area contributed by atoms with Gasteiger partial charge in [-0.2, -0.15) is 0 Å². The Hall–Kier alpha value is -1.16. The Morgan fingerprint density at radius 1 is 1.19 bits per heavy atom. The lowest BCUT2D eigenvalue weighted by Crippen LogP contribution is -2.31. The van der Waals surface area contributed by atoms with E-state index in [0.717, 1.165) is 10.0 Å². The number of nitrogens with one attached hydrogen (secondary N) is 1. The largest absolute Gasteiger partial charge is 0.392 e. The van der Waals surface area contributed by atoms with Crippen molar-refractivity contribution in [2.75, 3.05) is 0 Å². The van der Waals surface area contributed by atoms with Crippen LogP contribution in [0.1, 0.15) is 42.5 Å². The predicted molar refractivity (Wildman–Crippen MR) is 89.0 cm³/mol. The molecule has 2 nitrogen and oxygen atoms in total. The molecule has 1 atom stereocenters. The third kappa shape index (κ3) is 3.20. The van der Waals surface area contributed by atoms with Crippen LogP contribution < -0.4 is 5.32 Å². The molecule has 0 saturated heterocycles. The highest BCUT2D eigenvalue weighted by Gasteiger charge is 2.44. The van der Waals surface area contributed by atoms with E-state index in [2.05, 4.69) is 64.6 Å². The van der Waals surface area contributed by atoms with E-state index in [1.165, 1.54) is 24.0 Å². The van der Waals surface area contributed by atoms with Gasteiger partial charge in [0.05, 0.1) is 6.61 Å². The van der Waals surface area contributed by atoms with Crippen molar-refractivity contribution in [3.8, 4) is 0 Å². The molecule has 0 radical (unpaired) electrons. The van der Waals surface area contributed by atoms with Crippen molar-refractivity contribution in [1.82, 2.24) is 5.32 Å². The van der Waals surface area contributed by atoms with Crippen LogP contribution in [0, 0.1) is 0 Å².